The summed E-state index contributed by atoms with van der Waals surface area (Å²) in [5.74, 6) is 0.340. The van der Waals surface area contributed by atoms with Gasteiger partial charge in [0, 0.05) is 6.04 Å². The molecule has 0 bridgehead atoms. The molecule has 0 aromatic heterocycles. The molecule has 18 heavy (non-hydrogen) atoms. The summed E-state index contributed by atoms with van der Waals surface area (Å²) in [4.78, 5) is 0.137. The van der Waals surface area contributed by atoms with E-state index in [0.29, 0.717) is 12.3 Å². The quantitative estimate of drug-likeness (QED) is 0.742. The van der Waals surface area contributed by atoms with Gasteiger partial charge >= 0.3 is 0 Å². The third kappa shape index (κ3) is 4.37. The maximum absolute atomic E-state index is 11.1. The number of rotatable bonds is 5. The minimum absolute atomic E-state index is 0.137. The Morgan fingerprint density at radius 2 is 1.83 bits per heavy atom. The Hall–Kier alpha value is -0.390. The van der Waals surface area contributed by atoms with E-state index in [-0.39, 0.29) is 10.8 Å². The minimum Gasteiger partial charge on any atom is -0.386 e. The van der Waals surface area contributed by atoms with E-state index in [1.807, 2.05) is 0 Å². The first kappa shape index (κ1) is 15.7. The van der Waals surface area contributed by atoms with Crippen molar-refractivity contribution in [1.29, 1.82) is 0 Å². The van der Waals surface area contributed by atoms with Crippen molar-refractivity contribution in [3.05, 3.63) is 0 Å². The number of aliphatic hydroxyl groups excluding tert-OH is 1. The Kier molecular flexibility index (Phi) is 6.32. The molecule has 0 spiro atoms. The number of hydrogen-bond acceptors (Lipinski definition) is 4. The highest BCUT2D eigenvalue weighted by Crippen LogP contribution is 2.27. The van der Waals surface area contributed by atoms with Gasteiger partial charge in [0.05, 0.1) is 4.86 Å². The second kappa shape index (κ2) is 7.26. The van der Waals surface area contributed by atoms with Crippen LogP contribution in [0.2, 0.25) is 0 Å². The Morgan fingerprint density at radius 1 is 1.28 bits per heavy atom. The molecule has 1 fully saturated rings. The summed E-state index contributed by atoms with van der Waals surface area (Å²) < 4.78 is 22.3. The van der Waals surface area contributed by atoms with Crippen LogP contribution in [0.5, 0.6) is 0 Å². The van der Waals surface area contributed by atoms with E-state index in [9.17, 15) is 13.5 Å². The van der Waals surface area contributed by atoms with Crippen molar-refractivity contribution in [3.8, 4) is 0 Å². The van der Waals surface area contributed by atoms with E-state index in [0.717, 1.165) is 12.8 Å². The topological polar surface area (TPSA) is 80.4 Å². The molecule has 0 radical (unpaired) electrons. The van der Waals surface area contributed by atoms with E-state index in [1.54, 1.807) is 13.8 Å². The maximum atomic E-state index is 11.1. The molecule has 0 aromatic rings. The molecule has 106 valence electrons. The van der Waals surface area contributed by atoms with E-state index >= 15 is 0 Å². The normalized spacial score (nSPS) is 20.7. The summed E-state index contributed by atoms with van der Waals surface area (Å²) >= 11 is 0. The fourth-order valence-corrected chi connectivity index (χ4v) is 3.54. The van der Waals surface area contributed by atoms with Crippen molar-refractivity contribution >= 4 is 15.2 Å². The van der Waals surface area contributed by atoms with E-state index in [4.69, 9.17) is 5.73 Å². The largest absolute Gasteiger partial charge is 0.386 e. The molecule has 1 aliphatic rings. The van der Waals surface area contributed by atoms with Gasteiger partial charge in [0.2, 0.25) is 10.3 Å². The second-order valence-corrected chi connectivity index (χ2v) is 6.58. The highest BCUT2D eigenvalue weighted by Gasteiger charge is 2.27. The molecule has 3 N–H and O–H groups in total. The molecular formula is C13H25NO3S. The van der Waals surface area contributed by atoms with Crippen LogP contribution in [0.25, 0.3) is 0 Å². The van der Waals surface area contributed by atoms with E-state index < -0.39 is 22.4 Å². The fraction of sp³-hybridized carbons (Fsp3) is 0.923. The molecule has 0 heterocycles. The molecule has 0 amide bonds. The molecule has 1 saturated carbocycles. The van der Waals surface area contributed by atoms with Gasteiger partial charge in [-0.3, -0.25) is 0 Å². The van der Waals surface area contributed by atoms with Crippen LogP contribution >= 0.6 is 0 Å². The van der Waals surface area contributed by atoms with Crippen molar-refractivity contribution in [2.45, 2.75) is 64.5 Å². The highest BCUT2D eigenvalue weighted by atomic mass is 32.2. The van der Waals surface area contributed by atoms with Crippen molar-refractivity contribution in [1.82, 2.24) is 0 Å². The van der Waals surface area contributed by atoms with Crippen LogP contribution in [-0.4, -0.2) is 30.5 Å². The van der Waals surface area contributed by atoms with Crippen LogP contribution in [0, 0.1) is 11.8 Å². The lowest BCUT2D eigenvalue weighted by atomic mass is 9.83. The van der Waals surface area contributed by atoms with Crippen LogP contribution in [0.3, 0.4) is 0 Å². The first-order valence-electron chi connectivity index (χ1n) is 6.83. The Labute approximate surface area is 111 Å². The first-order valence-corrected chi connectivity index (χ1v) is 7.90. The van der Waals surface area contributed by atoms with E-state index in [2.05, 4.69) is 0 Å². The molecule has 1 aliphatic carbocycles. The summed E-state index contributed by atoms with van der Waals surface area (Å²) in [7, 11) is -2.35. The van der Waals surface area contributed by atoms with Gasteiger partial charge < -0.3 is 10.8 Å². The van der Waals surface area contributed by atoms with Crippen LogP contribution in [0.15, 0.2) is 0 Å². The lowest BCUT2D eigenvalue weighted by molar-refractivity contribution is 0.180. The van der Waals surface area contributed by atoms with Gasteiger partial charge in [0.1, 0.15) is 6.10 Å². The average molecular weight is 275 g/mol. The third-order valence-corrected chi connectivity index (χ3v) is 4.89. The zero-order valence-electron chi connectivity index (χ0n) is 11.3. The van der Waals surface area contributed by atoms with Gasteiger partial charge in [-0.15, -0.1) is 0 Å². The first-order chi connectivity index (χ1) is 8.43. The summed E-state index contributed by atoms with van der Waals surface area (Å²) in [5.41, 5.74) is 5.98. The zero-order valence-corrected chi connectivity index (χ0v) is 12.1. The van der Waals surface area contributed by atoms with E-state index in [1.165, 1.54) is 19.3 Å². The minimum atomic E-state index is -2.35. The van der Waals surface area contributed by atoms with Crippen LogP contribution < -0.4 is 5.73 Å². The molecule has 1 rings (SSSR count). The van der Waals surface area contributed by atoms with Crippen molar-refractivity contribution in [2.75, 3.05) is 0 Å². The fourth-order valence-electron chi connectivity index (χ4n) is 2.78. The summed E-state index contributed by atoms with van der Waals surface area (Å²) in [5, 5.41) is 10.1. The highest BCUT2D eigenvalue weighted by molar-refractivity contribution is 7.73. The molecule has 4 nitrogen and oxygen atoms in total. The van der Waals surface area contributed by atoms with Crippen molar-refractivity contribution in [2.24, 2.45) is 17.6 Å². The maximum Gasteiger partial charge on any atom is 0.216 e. The number of hydrogen-bond donors (Lipinski definition) is 2. The lowest BCUT2D eigenvalue weighted by Gasteiger charge is -2.27. The van der Waals surface area contributed by atoms with Gasteiger partial charge in [-0.05, 0) is 18.3 Å². The standard InChI is InChI=1S/C13H25NO3S/c1-9(2)13(18(16)17)12(15)11(14)8-10-6-4-3-5-7-10/h9-12,15H,3-8,14H2,1-2H3. The molecule has 0 aliphatic heterocycles. The summed E-state index contributed by atoms with van der Waals surface area (Å²) in [6.07, 6.45) is 5.71. The number of aliphatic hydroxyl groups is 1. The molecule has 0 saturated heterocycles. The monoisotopic (exact) mass is 275 g/mol. The Balaban J connectivity index is 2.65. The summed E-state index contributed by atoms with van der Waals surface area (Å²) in [6.45, 7) is 3.53. The average Bonchev–Trinajstić information content (AvgIpc) is 2.29. The Morgan fingerprint density at radius 3 is 2.28 bits per heavy atom. The number of nitrogens with two attached hydrogens (primary N) is 1. The van der Waals surface area contributed by atoms with Crippen molar-refractivity contribution in [3.63, 3.8) is 0 Å². The van der Waals surface area contributed by atoms with Crippen LogP contribution in [-0.2, 0) is 10.3 Å². The molecular weight excluding hydrogens is 250 g/mol. The lowest BCUT2D eigenvalue weighted by Crippen LogP contribution is -2.44. The Bertz CT molecular complexity index is 375. The second-order valence-electron chi connectivity index (χ2n) is 5.64. The predicted octanol–water partition coefficient (Wildman–Crippen LogP) is 1.35. The van der Waals surface area contributed by atoms with Crippen molar-refractivity contribution < 1.29 is 13.5 Å². The van der Waals surface area contributed by atoms with Crippen LogP contribution in [0.1, 0.15) is 52.4 Å². The molecule has 5 heteroatoms. The predicted molar refractivity (Wildman–Crippen MR) is 73.9 cm³/mol. The third-order valence-electron chi connectivity index (χ3n) is 3.79. The smallest absolute Gasteiger partial charge is 0.216 e. The zero-order chi connectivity index (χ0) is 13.7. The van der Waals surface area contributed by atoms with Gasteiger partial charge in [0.25, 0.3) is 0 Å². The van der Waals surface area contributed by atoms with Gasteiger partial charge in [-0.1, -0.05) is 46.0 Å². The molecule has 0 aromatic carbocycles. The van der Waals surface area contributed by atoms with Gasteiger partial charge in [0.15, 0.2) is 0 Å². The van der Waals surface area contributed by atoms with Crippen LogP contribution in [0.4, 0.5) is 0 Å². The summed E-state index contributed by atoms with van der Waals surface area (Å²) in [6, 6.07) is -0.469. The molecule has 2 unspecified atom stereocenters. The van der Waals surface area contributed by atoms with Gasteiger partial charge in [-0.25, -0.2) is 0 Å². The SMILES string of the molecule is CC(C)C(C(O)C(N)CC1CCCCC1)=S(=O)=O. The van der Waals surface area contributed by atoms with Gasteiger partial charge in [-0.2, -0.15) is 8.42 Å². The molecule has 2 atom stereocenters.